The summed E-state index contributed by atoms with van der Waals surface area (Å²) in [7, 11) is 3.26. The van der Waals surface area contributed by atoms with Crippen molar-refractivity contribution in [3.8, 4) is 0 Å². The molecule has 8 nitrogen and oxygen atoms in total. The second-order valence-corrected chi connectivity index (χ2v) is 6.17. The van der Waals surface area contributed by atoms with Crippen molar-refractivity contribution < 1.29 is 24.4 Å². The highest BCUT2D eigenvalue weighted by atomic mass is 16.6. The average molecular weight is 384 g/mol. The largest absolute Gasteiger partial charge is 0.478 e. The minimum Gasteiger partial charge on any atom is -0.478 e. The number of ether oxygens (including phenoxy) is 1. The van der Waals surface area contributed by atoms with Gasteiger partial charge in [-0.05, 0) is 11.6 Å². The van der Waals surface area contributed by atoms with E-state index in [4.69, 9.17) is 4.74 Å². The molecule has 28 heavy (non-hydrogen) atoms. The summed E-state index contributed by atoms with van der Waals surface area (Å²) in [5, 5.41) is 20.9. The topological polar surface area (TPSA) is 110 Å². The Balaban J connectivity index is 2.38. The number of carboxylic acids is 1. The van der Waals surface area contributed by atoms with Crippen LogP contribution in [0.2, 0.25) is 0 Å². The number of ketones is 1. The van der Waals surface area contributed by atoms with Crippen molar-refractivity contribution >= 4 is 23.0 Å². The van der Waals surface area contributed by atoms with Crippen LogP contribution in [-0.2, 0) is 16.1 Å². The number of carbonyl (C=O) groups is 2. The molecule has 2 aromatic carbocycles. The van der Waals surface area contributed by atoms with Crippen LogP contribution in [-0.4, -0.2) is 47.4 Å². The zero-order chi connectivity index (χ0) is 20.7. The number of aromatic carboxylic acids is 1. The Labute approximate surface area is 161 Å². The van der Waals surface area contributed by atoms with Crippen LogP contribution in [0.25, 0.3) is 5.57 Å². The van der Waals surface area contributed by atoms with E-state index in [0.29, 0.717) is 0 Å². The monoisotopic (exact) mass is 384 g/mol. The van der Waals surface area contributed by atoms with Gasteiger partial charge in [-0.2, -0.15) is 0 Å². The van der Waals surface area contributed by atoms with Gasteiger partial charge in [-0.1, -0.05) is 36.4 Å². The number of carboxylic acid groups (broad SMARTS) is 1. The number of Topliss-reactive ketones (excluding diaryl/α,β-unsaturated/α-hetero) is 1. The first kappa shape index (κ1) is 20.8. The molecule has 0 aliphatic carbocycles. The lowest BCUT2D eigenvalue weighted by Crippen LogP contribution is -2.17. The van der Waals surface area contributed by atoms with Gasteiger partial charge in [0.1, 0.15) is 6.61 Å². The molecule has 0 saturated carbocycles. The van der Waals surface area contributed by atoms with E-state index >= 15 is 0 Å². The molecule has 0 heterocycles. The number of nitro benzene ring substituents is 1. The molecule has 0 radical (unpaired) electrons. The number of nitrogens with zero attached hydrogens (tertiary/aromatic N) is 2. The highest BCUT2D eigenvalue weighted by Gasteiger charge is 2.28. The summed E-state index contributed by atoms with van der Waals surface area (Å²) in [5.41, 5.74) is -0.238. The minimum absolute atomic E-state index is 0.0947. The first-order chi connectivity index (χ1) is 13.3. The molecule has 0 aromatic heterocycles. The van der Waals surface area contributed by atoms with E-state index in [1.807, 2.05) is 30.3 Å². The van der Waals surface area contributed by atoms with E-state index in [1.54, 1.807) is 14.1 Å². The Morgan fingerprint density at radius 3 is 2.39 bits per heavy atom. The van der Waals surface area contributed by atoms with E-state index in [9.17, 15) is 24.8 Å². The quantitative estimate of drug-likeness (QED) is 0.402. The van der Waals surface area contributed by atoms with Crippen molar-refractivity contribution in [2.75, 3.05) is 20.7 Å². The summed E-state index contributed by atoms with van der Waals surface area (Å²) in [4.78, 5) is 36.6. The van der Waals surface area contributed by atoms with E-state index in [-0.39, 0.29) is 29.9 Å². The van der Waals surface area contributed by atoms with E-state index < -0.39 is 22.4 Å². The summed E-state index contributed by atoms with van der Waals surface area (Å²) in [6, 6.07) is 12.9. The summed E-state index contributed by atoms with van der Waals surface area (Å²) in [5.74, 6) is -1.91. The summed E-state index contributed by atoms with van der Waals surface area (Å²) in [6.07, 6.45) is 1.36. The Morgan fingerprint density at radius 1 is 1.14 bits per heavy atom. The fourth-order valence-corrected chi connectivity index (χ4v) is 2.60. The molecule has 0 amide bonds. The van der Waals surface area contributed by atoms with Crippen molar-refractivity contribution in [2.24, 2.45) is 0 Å². The highest BCUT2D eigenvalue weighted by molar-refractivity contribution is 6.24. The molecule has 2 aromatic rings. The number of rotatable bonds is 9. The smallest absolute Gasteiger partial charge is 0.336 e. The molecule has 0 unspecified atom stereocenters. The maximum absolute atomic E-state index is 12.8. The maximum Gasteiger partial charge on any atom is 0.336 e. The van der Waals surface area contributed by atoms with Crippen molar-refractivity contribution in [2.45, 2.75) is 6.61 Å². The van der Waals surface area contributed by atoms with Crippen LogP contribution in [0.1, 0.15) is 21.5 Å². The Morgan fingerprint density at radius 2 is 1.82 bits per heavy atom. The molecule has 146 valence electrons. The van der Waals surface area contributed by atoms with Crippen LogP contribution < -0.4 is 0 Å². The molecule has 0 fully saturated rings. The third-order valence-electron chi connectivity index (χ3n) is 3.77. The lowest BCUT2D eigenvalue weighted by atomic mass is 9.95. The standard InChI is InChI=1S/C20H20N2O6/c1-21(2)11-16(18(23)13-28-12-14-7-4-3-5-8-14)19-15(20(24)25)9-6-10-17(19)22(26)27/h3-11H,12-13H2,1-2H3,(H,24,25). The lowest BCUT2D eigenvalue weighted by Gasteiger charge is -2.14. The van der Waals surface area contributed by atoms with Crippen LogP contribution >= 0.6 is 0 Å². The van der Waals surface area contributed by atoms with Gasteiger partial charge in [-0.3, -0.25) is 14.9 Å². The molecular formula is C20H20N2O6. The van der Waals surface area contributed by atoms with Gasteiger partial charge in [0.25, 0.3) is 5.69 Å². The summed E-state index contributed by atoms with van der Waals surface area (Å²) < 4.78 is 5.44. The van der Waals surface area contributed by atoms with Gasteiger partial charge in [0.05, 0.1) is 28.2 Å². The van der Waals surface area contributed by atoms with Gasteiger partial charge < -0.3 is 14.7 Å². The Hall–Kier alpha value is -3.52. The molecule has 0 saturated heterocycles. The van der Waals surface area contributed by atoms with Gasteiger partial charge >= 0.3 is 5.97 Å². The van der Waals surface area contributed by atoms with Crippen molar-refractivity contribution in [1.29, 1.82) is 0 Å². The van der Waals surface area contributed by atoms with Gasteiger partial charge in [0, 0.05) is 26.4 Å². The lowest BCUT2D eigenvalue weighted by molar-refractivity contribution is -0.385. The first-order valence-electron chi connectivity index (χ1n) is 8.35. The maximum atomic E-state index is 12.8. The third-order valence-corrected chi connectivity index (χ3v) is 3.77. The van der Waals surface area contributed by atoms with Crippen molar-refractivity contribution in [3.63, 3.8) is 0 Å². The predicted octanol–water partition coefficient (Wildman–Crippen LogP) is 2.98. The number of benzene rings is 2. The molecule has 0 aliphatic heterocycles. The highest BCUT2D eigenvalue weighted by Crippen LogP contribution is 2.30. The van der Waals surface area contributed by atoms with Crippen LogP contribution in [0.3, 0.4) is 0 Å². The van der Waals surface area contributed by atoms with Crippen LogP contribution in [0.4, 0.5) is 5.69 Å². The molecular weight excluding hydrogens is 364 g/mol. The number of carbonyl (C=O) groups excluding carboxylic acids is 1. The number of hydrogen-bond donors (Lipinski definition) is 1. The average Bonchev–Trinajstić information content (AvgIpc) is 2.66. The fourth-order valence-electron chi connectivity index (χ4n) is 2.60. The van der Waals surface area contributed by atoms with Crippen LogP contribution in [0.5, 0.6) is 0 Å². The van der Waals surface area contributed by atoms with Crippen molar-refractivity contribution in [3.05, 3.63) is 81.5 Å². The summed E-state index contributed by atoms with van der Waals surface area (Å²) in [6.45, 7) is -0.163. The fraction of sp³-hybridized carbons (Fsp3) is 0.200. The van der Waals surface area contributed by atoms with Gasteiger partial charge in [0.2, 0.25) is 0 Å². The van der Waals surface area contributed by atoms with Crippen molar-refractivity contribution in [1.82, 2.24) is 4.90 Å². The van der Waals surface area contributed by atoms with Crippen LogP contribution in [0, 0.1) is 10.1 Å². The number of hydrogen-bond acceptors (Lipinski definition) is 6. The molecule has 0 spiro atoms. The molecule has 0 aliphatic rings. The normalized spacial score (nSPS) is 11.1. The zero-order valence-electron chi connectivity index (χ0n) is 15.5. The van der Waals surface area contributed by atoms with E-state index in [2.05, 4.69) is 0 Å². The molecule has 8 heteroatoms. The second kappa shape index (κ2) is 9.43. The third kappa shape index (κ3) is 5.24. The van der Waals surface area contributed by atoms with Gasteiger partial charge in [-0.25, -0.2) is 4.79 Å². The zero-order valence-corrected chi connectivity index (χ0v) is 15.5. The second-order valence-electron chi connectivity index (χ2n) is 6.17. The van der Waals surface area contributed by atoms with Gasteiger partial charge in [-0.15, -0.1) is 0 Å². The number of nitro groups is 1. The Kier molecular flexibility index (Phi) is 7.00. The molecule has 1 N–H and O–H groups in total. The molecule has 2 rings (SSSR count). The predicted molar refractivity (Wildman–Crippen MR) is 103 cm³/mol. The van der Waals surface area contributed by atoms with Gasteiger partial charge in [0.15, 0.2) is 5.78 Å². The Bertz CT molecular complexity index is 874. The van der Waals surface area contributed by atoms with E-state index in [1.165, 1.54) is 29.3 Å². The summed E-state index contributed by atoms with van der Waals surface area (Å²) >= 11 is 0. The molecule has 0 atom stereocenters. The van der Waals surface area contributed by atoms with Crippen LogP contribution in [0.15, 0.2) is 54.7 Å². The SMILES string of the molecule is CN(C)C=C(C(=O)COCc1ccccc1)c1c(C(=O)O)cccc1[N+](=O)[O-]. The molecule has 0 bridgehead atoms. The first-order valence-corrected chi connectivity index (χ1v) is 8.35. The van der Waals surface area contributed by atoms with E-state index in [0.717, 1.165) is 5.56 Å². The minimum atomic E-state index is -1.36.